The van der Waals surface area contributed by atoms with Crippen LogP contribution in [0.5, 0.6) is 0 Å². The molecule has 19 heavy (non-hydrogen) atoms. The van der Waals surface area contributed by atoms with Crippen LogP contribution in [0.4, 0.5) is 0 Å². The summed E-state index contributed by atoms with van der Waals surface area (Å²) in [4.78, 5) is 0. The molecule has 0 saturated carbocycles. The van der Waals surface area contributed by atoms with Gasteiger partial charge in [-0.2, -0.15) is 0 Å². The van der Waals surface area contributed by atoms with Gasteiger partial charge in [0.15, 0.2) is 0 Å². The first-order valence-corrected chi connectivity index (χ1v) is 7.01. The van der Waals surface area contributed by atoms with Crippen LogP contribution in [-0.4, -0.2) is 24.3 Å². The van der Waals surface area contributed by atoms with Gasteiger partial charge in [-0.1, -0.05) is 18.2 Å². The fraction of sp³-hybridized carbons (Fsp3) is 0.500. The summed E-state index contributed by atoms with van der Waals surface area (Å²) in [5.41, 5.74) is 10.3. The van der Waals surface area contributed by atoms with Gasteiger partial charge in [0.25, 0.3) is 0 Å². The quantitative estimate of drug-likeness (QED) is 0.899. The third-order valence-corrected chi connectivity index (χ3v) is 4.62. The Labute approximate surface area is 114 Å². The van der Waals surface area contributed by atoms with Crippen molar-refractivity contribution in [1.82, 2.24) is 4.57 Å². The molecule has 0 unspecified atom stereocenters. The highest BCUT2D eigenvalue weighted by molar-refractivity contribution is 5.87. The van der Waals surface area contributed by atoms with Crippen molar-refractivity contribution in [2.75, 3.05) is 19.8 Å². The molecule has 2 heterocycles. The number of para-hydroxylation sites is 1. The number of nitrogens with zero attached hydrogens (tertiary/aromatic N) is 1. The zero-order valence-corrected chi connectivity index (χ0v) is 11.8. The summed E-state index contributed by atoms with van der Waals surface area (Å²) in [6.45, 7) is 4.51. The number of hydrogen-bond acceptors (Lipinski definition) is 2. The van der Waals surface area contributed by atoms with Crippen LogP contribution in [0, 0.1) is 6.92 Å². The van der Waals surface area contributed by atoms with E-state index >= 15 is 0 Å². The Bertz CT molecular complexity index is 594. The Kier molecular flexibility index (Phi) is 3.11. The molecule has 0 spiro atoms. The zero-order chi connectivity index (χ0) is 13.5. The van der Waals surface area contributed by atoms with E-state index in [0.29, 0.717) is 6.54 Å². The van der Waals surface area contributed by atoms with Crippen LogP contribution in [0.15, 0.2) is 24.4 Å². The van der Waals surface area contributed by atoms with E-state index in [4.69, 9.17) is 10.5 Å². The molecule has 2 N–H and O–H groups in total. The third kappa shape index (κ3) is 1.88. The average Bonchev–Trinajstić information content (AvgIpc) is 2.79. The molecular formula is C16H22N2O. The van der Waals surface area contributed by atoms with Crippen LogP contribution in [-0.2, 0) is 17.2 Å². The van der Waals surface area contributed by atoms with Crippen LogP contribution in [0.1, 0.15) is 24.0 Å². The van der Waals surface area contributed by atoms with Crippen molar-refractivity contribution in [2.45, 2.75) is 25.2 Å². The van der Waals surface area contributed by atoms with Gasteiger partial charge in [0.1, 0.15) is 0 Å². The predicted octanol–water partition coefficient (Wildman–Crippen LogP) is 2.49. The lowest BCUT2D eigenvalue weighted by Crippen LogP contribution is -2.40. The Balaban J connectivity index is 2.22. The van der Waals surface area contributed by atoms with Crippen LogP contribution in [0.3, 0.4) is 0 Å². The van der Waals surface area contributed by atoms with Crippen LogP contribution in [0.2, 0.25) is 0 Å². The molecule has 2 aromatic rings. The van der Waals surface area contributed by atoms with Gasteiger partial charge in [-0.15, -0.1) is 0 Å². The molecule has 0 amide bonds. The van der Waals surface area contributed by atoms with Crippen LogP contribution >= 0.6 is 0 Å². The molecule has 0 atom stereocenters. The minimum Gasteiger partial charge on any atom is -0.381 e. The second-order valence-electron chi connectivity index (χ2n) is 5.72. The molecule has 0 bridgehead atoms. The molecule has 1 saturated heterocycles. The van der Waals surface area contributed by atoms with E-state index in [1.807, 2.05) is 0 Å². The van der Waals surface area contributed by atoms with Crippen molar-refractivity contribution >= 4 is 10.9 Å². The van der Waals surface area contributed by atoms with Crippen molar-refractivity contribution in [3.63, 3.8) is 0 Å². The number of nitrogens with two attached hydrogens (primary N) is 1. The topological polar surface area (TPSA) is 40.2 Å². The maximum Gasteiger partial charge on any atom is 0.0510 e. The number of aryl methyl sites for hydroxylation is 2. The SMILES string of the molecule is Cc1cccc2c(C3(CN)CCOCC3)cn(C)c12. The molecule has 1 aliphatic rings. The monoisotopic (exact) mass is 258 g/mol. The fourth-order valence-electron chi connectivity index (χ4n) is 3.44. The first kappa shape index (κ1) is 12.7. The molecule has 3 rings (SSSR count). The summed E-state index contributed by atoms with van der Waals surface area (Å²) in [5, 5.41) is 1.36. The summed E-state index contributed by atoms with van der Waals surface area (Å²) in [6, 6.07) is 6.54. The van der Waals surface area contributed by atoms with Crippen molar-refractivity contribution in [3.8, 4) is 0 Å². The molecule has 1 aromatic heterocycles. The summed E-state index contributed by atoms with van der Waals surface area (Å²) >= 11 is 0. The van der Waals surface area contributed by atoms with E-state index in [-0.39, 0.29) is 5.41 Å². The van der Waals surface area contributed by atoms with Crippen LogP contribution in [0.25, 0.3) is 10.9 Å². The maximum atomic E-state index is 6.14. The van der Waals surface area contributed by atoms with E-state index < -0.39 is 0 Å². The van der Waals surface area contributed by atoms with Crippen LogP contribution < -0.4 is 5.73 Å². The summed E-state index contributed by atoms with van der Waals surface area (Å²) < 4.78 is 7.77. The number of hydrogen-bond donors (Lipinski definition) is 1. The number of aromatic nitrogens is 1. The minimum atomic E-state index is 0.0888. The van der Waals surface area contributed by atoms with E-state index in [9.17, 15) is 0 Å². The fourth-order valence-corrected chi connectivity index (χ4v) is 3.44. The summed E-state index contributed by atoms with van der Waals surface area (Å²) in [5.74, 6) is 0. The lowest BCUT2D eigenvalue weighted by molar-refractivity contribution is 0.0534. The third-order valence-electron chi connectivity index (χ3n) is 4.62. The Morgan fingerprint density at radius 1 is 1.32 bits per heavy atom. The van der Waals surface area contributed by atoms with Gasteiger partial charge in [0.2, 0.25) is 0 Å². The van der Waals surface area contributed by atoms with Crippen molar-refractivity contribution in [1.29, 1.82) is 0 Å². The molecule has 3 nitrogen and oxygen atoms in total. The van der Waals surface area contributed by atoms with Crippen molar-refractivity contribution in [3.05, 3.63) is 35.5 Å². The highest BCUT2D eigenvalue weighted by Crippen LogP contribution is 2.39. The second-order valence-corrected chi connectivity index (χ2v) is 5.72. The van der Waals surface area contributed by atoms with E-state index in [0.717, 1.165) is 26.1 Å². The number of rotatable bonds is 2. The minimum absolute atomic E-state index is 0.0888. The van der Waals surface area contributed by atoms with Gasteiger partial charge in [-0.3, -0.25) is 0 Å². The molecule has 1 fully saturated rings. The van der Waals surface area contributed by atoms with Gasteiger partial charge in [0.05, 0.1) is 5.52 Å². The summed E-state index contributed by atoms with van der Waals surface area (Å²) in [7, 11) is 2.13. The first-order chi connectivity index (χ1) is 9.18. The molecule has 0 radical (unpaired) electrons. The largest absolute Gasteiger partial charge is 0.381 e. The van der Waals surface area contributed by atoms with Crippen molar-refractivity contribution < 1.29 is 4.74 Å². The van der Waals surface area contributed by atoms with Crippen molar-refractivity contribution in [2.24, 2.45) is 12.8 Å². The Morgan fingerprint density at radius 2 is 2.05 bits per heavy atom. The molecule has 1 aromatic carbocycles. The molecule has 0 aliphatic carbocycles. The highest BCUT2D eigenvalue weighted by Gasteiger charge is 2.35. The van der Waals surface area contributed by atoms with Gasteiger partial charge in [-0.05, 0) is 30.9 Å². The standard InChI is InChI=1S/C16H22N2O/c1-12-4-3-5-13-14(10-18(2)15(12)13)16(11-17)6-8-19-9-7-16/h3-5,10H,6-9,11,17H2,1-2H3. The maximum absolute atomic E-state index is 6.14. The summed E-state index contributed by atoms with van der Waals surface area (Å²) in [6.07, 6.45) is 4.32. The first-order valence-electron chi connectivity index (χ1n) is 7.01. The van der Waals surface area contributed by atoms with Gasteiger partial charge in [-0.25, -0.2) is 0 Å². The zero-order valence-electron chi connectivity index (χ0n) is 11.8. The molecular weight excluding hydrogens is 236 g/mol. The lowest BCUT2D eigenvalue weighted by Gasteiger charge is -2.36. The second kappa shape index (κ2) is 4.66. The molecule has 102 valence electrons. The Hall–Kier alpha value is -1.32. The van der Waals surface area contributed by atoms with E-state index in [1.165, 1.54) is 22.0 Å². The smallest absolute Gasteiger partial charge is 0.0510 e. The molecule has 3 heteroatoms. The van der Waals surface area contributed by atoms with Gasteiger partial charge >= 0.3 is 0 Å². The number of fused-ring (bicyclic) bond motifs is 1. The van der Waals surface area contributed by atoms with E-state index in [1.54, 1.807) is 0 Å². The average molecular weight is 258 g/mol. The van der Waals surface area contributed by atoms with Gasteiger partial charge < -0.3 is 15.0 Å². The number of benzene rings is 1. The lowest BCUT2D eigenvalue weighted by atomic mass is 9.74. The molecule has 1 aliphatic heterocycles. The number of ether oxygens (including phenoxy) is 1. The highest BCUT2D eigenvalue weighted by atomic mass is 16.5. The van der Waals surface area contributed by atoms with E-state index in [2.05, 4.69) is 42.9 Å². The predicted molar refractivity (Wildman–Crippen MR) is 78.4 cm³/mol. The normalized spacial score (nSPS) is 18.9. The van der Waals surface area contributed by atoms with Gasteiger partial charge in [0, 0.05) is 43.8 Å². The Morgan fingerprint density at radius 3 is 2.74 bits per heavy atom.